The third-order valence-electron chi connectivity index (χ3n) is 1.75. The van der Waals surface area contributed by atoms with Crippen molar-refractivity contribution in [2.45, 2.75) is 20.3 Å². The fourth-order valence-electron chi connectivity index (χ4n) is 1.23. The Morgan fingerprint density at radius 1 is 1.33 bits per heavy atom. The second-order valence-electron chi connectivity index (χ2n) is 2.70. The number of ketones is 2. The van der Waals surface area contributed by atoms with Crippen LogP contribution in [0.4, 0.5) is 0 Å². The number of allylic oxidation sites excluding steroid dienone is 4. The van der Waals surface area contributed by atoms with Crippen molar-refractivity contribution in [2.75, 3.05) is 0 Å². The molecule has 0 aromatic carbocycles. The number of hydrogen-bond acceptors (Lipinski definition) is 2. The zero-order chi connectivity index (χ0) is 9.30. The molecule has 1 aliphatic rings. The molecule has 0 fully saturated rings. The Labute approximate surface area is 79.5 Å². The first-order valence-corrected chi connectivity index (χ1v) is 4.19. The third-order valence-corrected chi connectivity index (χ3v) is 2.25. The summed E-state index contributed by atoms with van der Waals surface area (Å²) in [5.41, 5.74) is 1.05. The molecule has 0 aromatic heterocycles. The molecule has 0 N–H and O–H groups in total. The van der Waals surface area contributed by atoms with Crippen LogP contribution in [0.3, 0.4) is 0 Å². The van der Waals surface area contributed by atoms with Crippen molar-refractivity contribution in [2.24, 2.45) is 0 Å². The molecule has 0 spiro atoms. The van der Waals surface area contributed by atoms with E-state index in [1.165, 1.54) is 13.8 Å². The molecular weight excluding hydrogens is 196 g/mol. The van der Waals surface area contributed by atoms with Crippen LogP contribution in [0.1, 0.15) is 20.3 Å². The predicted octanol–water partition coefficient (Wildman–Crippen LogP) is 1.30. The first-order valence-electron chi connectivity index (χ1n) is 3.64. The van der Waals surface area contributed by atoms with Gasteiger partial charge < -0.3 is 0 Å². The Balaban J connectivity index is 3.09. The summed E-state index contributed by atoms with van der Waals surface area (Å²) in [5.74, 6) is -0.127. The van der Waals surface area contributed by atoms with E-state index in [0.29, 0.717) is 17.6 Å². The Morgan fingerprint density at radius 2 is 1.92 bits per heavy atom. The van der Waals surface area contributed by atoms with Crippen molar-refractivity contribution in [1.29, 1.82) is 0 Å². The van der Waals surface area contributed by atoms with Gasteiger partial charge in [-0.05, 0) is 0 Å². The summed E-state index contributed by atoms with van der Waals surface area (Å²) >= 11 is 3.73. The van der Waals surface area contributed by atoms with E-state index < -0.39 is 0 Å². The summed E-state index contributed by atoms with van der Waals surface area (Å²) in [4.78, 5) is 22.1. The summed E-state index contributed by atoms with van der Waals surface area (Å²) < 4.78 is 0.757. The van der Waals surface area contributed by atoms with E-state index in [9.17, 15) is 9.59 Å². The van der Waals surface area contributed by atoms with E-state index in [1.54, 1.807) is 6.08 Å². The van der Waals surface area contributed by atoms with Gasteiger partial charge in [0.15, 0.2) is 0 Å². The number of hydrogen-bond donors (Lipinski definition) is 0. The Kier molecular flexibility index (Phi) is 2.65. The number of rotatable bonds is 2. The van der Waals surface area contributed by atoms with Crippen molar-refractivity contribution in [3.05, 3.63) is 21.7 Å². The molecule has 0 atom stereocenters. The average Bonchev–Trinajstić information content (AvgIpc) is 2.30. The van der Waals surface area contributed by atoms with Gasteiger partial charge in [-0.2, -0.15) is 0 Å². The molecule has 0 aliphatic heterocycles. The first kappa shape index (κ1) is 9.43. The Bertz CT molecular complexity index is 310. The van der Waals surface area contributed by atoms with Gasteiger partial charge in [0.25, 0.3) is 0 Å². The van der Waals surface area contributed by atoms with Crippen molar-refractivity contribution in [3.8, 4) is 0 Å². The summed E-state index contributed by atoms with van der Waals surface area (Å²) in [6.07, 6.45) is 2.39. The standard InChI is InChI=1S/C9H9O2.Fe/c1-6(10)8-4-3-5-9(8)7(2)11;/h4H,3H2,1-2H3;. The number of carbonyl (C=O) groups excluding carboxylic acids is 2. The van der Waals surface area contributed by atoms with Crippen LogP contribution in [-0.2, 0) is 25.6 Å². The molecular formula is C9H9FeO2. The molecule has 1 rings (SSSR count). The molecule has 0 aromatic rings. The van der Waals surface area contributed by atoms with Crippen molar-refractivity contribution in [3.63, 3.8) is 0 Å². The van der Waals surface area contributed by atoms with E-state index in [4.69, 9.17) is 0 Å². The fraction of sp³-hybridized carbons (Fsp3) is 0.333. The van der Waals surface area contributed by atoms with Gasteiger partial charge in [-0.25, -0.2) is 0 Å². The molecule has 0 amide bonds. The van der Waals surface area contributed by atoms with E-state index in [2.05, 4.69) is 16.0 Å². The van der Waals surface area contributed by atoms with Crippen LogP contribution in [-0.4, -0.2) is 11.6 Å². The van der Waals surface area contributed by atoms with E-state index in [1.807, 2.05) is 0 Å². The second kappa shape index (κ2) is 3.38. The summed E-state index contributed by atoms with van der Waals surface area (Å²) in [7, 11) is 0. The number of carbonyl (C=O) groups is 2. The maximum atomic E-state index is 11.1. The van der Waals surface area contributed by atoms with Crippen molar-refractivity contribution in [1.82, 2.24) is 0 Å². The first-order chi connectivity index (χ1) is 5.54. The second-order valence-corrected chi connectivity index (χ2v) is 3.37. The van der Waals surface area contributed by atoms with Crippen LogP contribution < -0.4 is 0 Å². The monoisotopic (exact) mass is 205 g/mol. The van der Waals surface area contributed by atoms with Crippen LogP contribution >= 0.6 is 0 Å². The van der Waals surface area contributed by atoms with E-state index in [-0.39, 0.29) is 11.6 Å². The van der Waals surface area contributed by atoms with Gasteiger partial charge in [0.05, 0.1) is 0 Å². The average molecular weight is 205 g/mol. The topological polar surface area (TPSA) is 34.1 Å². The third kappa shape index (κ3) is 1.57. The van der Waals surface area contributed by atoms with Crippen LogP contribution in [0, 0.1) is 0 Å². The molecule has 0 bridgehead atoms. The van der Waals surface area contributed by atoms with Gasteiger partial charge in [-0.15, -0.1) is 0 Å². The van der Waals surface area contributed by atoms with Gasteiger partial charge in [-0.3, -0.25) is 0 Å². The summed E-state index contributed by atoms with van der Waals surface area (Å²) in [6, 6.07) is 0. The summed E-state index contributed by atoms with van der Waals surface area (Å²) in [5, 5.41) is 0. The predicted molar refractivity (Wildman–Crippen MR) is 41.1 cm³/mol. The fourth-order valence-corrected chi connectivity index (χ4v) is 1.69. The van der Waals surface area contributed by atoms with Crippen molar-refractivity contribution < 1.29 is 25.6 Å². The van der Waals surface area contributed by atoms with Gasteiger partial charge in [0.1, 0.15) is 0 Å². The quantitative estimate of drug-likeness (QED) is 0.636. The Hall–Kier alpha value is -0.661. The molecule has 2 nitrogen and oxygen atoms in total. The van der Waals surface area contributed by atoms with Crippen LogP contribution in [0.25, 0.3) is 0 Å². The SMILES string of the molecule is CC(=O)C1=CC[C]([Fe])=C1C(C)=O. The summed E-state index contributed by atoms with van der Waals surface area (Å²) in [6.45, 7) is 2.93. The van der Waals surface area contributed by atoms with Crippen LogP contribution in [0.5, 0.6) is 0 Å². The van der Waals surface area contributed by atoms with Gasteiger partial charge in [0, 0.05) is 0 Å². The molecule has 0 unspecified atom stereocenters. The molecule has 12 heavy (non-hydrogen) atoms. The minimum absolute atomic E-state index is 0.0566. The van der Waals surface area contributed by atoms with Gasteiger partial charge >= 0.3 is 79.1 Å². The van der Waals surface area contributed by atoms with Crippen LogP contribution in [0.15, 0.2) is 21.7 Å². The minimum atomic E-state index is -0.0704. The molecule has 1 aliphatic carbocycles. The maximum absolute atomic E-state index is 11.1. The molecule has 0 radical (unpaired) electrons. The molecule has 0 saturated heterocycles. The molecule has 0 heterocycles. The zero-order valence-electron chi connectivity index (χ0n) is 6.95. The normalized spacial score (nSPS) is 16.4. The number of Topliss-reactive ketones (excluding diaryl/α,β-unsaturated/α-hetero) is 2. The van der Waals surface area contributed by atoms with E-state index in [0.717, 1.165) is 4.47 Å². The Morgan fingerprint density at radius 3 is 2.25 bits per heavy atom. The van der Waals surface area contributed by atoms with Gasteiger partial charge in [0.2, 0.25) is 0 Å². The van der Waals surface area contributed by atoms with E-state index >= 15 is 0 Å². The molecule has 65 valence electrons. The molecule has 3 heteroatoms. The molecule has 0 saturated carbocycles. The van der Waals surface area contributed by atoms with Gasteiger partial charge in [-0.1, -0.05) is 0 Å². The van der Waals surface area contributed by atoms with Crippen LogP contribution in [0.2, 0.25) is 0 Å². The van der Waals surface area contributed by atoms with Crippen molar-refractivity contribution >= 4 is 11.6 Å². The zero-order valence-corrected chi connectivity index (χ0v) is 8.06.